The van der Waals surface area contributed by atoms with E-state index in [0.717, 1.165) is 11.6 Å². The summed E-state index contributed by atoms with van der Waals surface area (Å²) in [6.07, 6.45) is 0. The maximum Gasteiger partial charge on any atom is 0.293 e. The maximum absolute atomic E-state index is 13.2. The fourth-order valence-corrected chi connectivity index (χ4v) is 3.11. The first-order valence-electron chi connectivity index (χ1n) is 7.73. The van der Waals surface area contributed by atoms with Crippen LogP contribution in [0.4, 0.5) is 15.8 Å². The van der Waals surface area contributed by atoms with Gasteiger partial charge in [-0.05, 0) is 35.2 Å². The number of hydrogen-bond acceptors (Lipinski definition) is 5. The van der Waals surface area contributed by atoms with Crippen LogP contribution in [0.3, 0.4) is 0 Å². The normalized spacial score (nSPS) is 13.3. The molecule has 0 heterocycles. The topological polar surface area (TPSA) is 115 Å². The Morgan fingerprint density at radius 1 is 1.15 bits per heavy atom. The lowest BCUT2D eigenvalue weighted by Gasteiger charge is -2.32. The Kier molecular flexibility index (Phi) is 5.33. The second-order valence-electron chi connectivity index (χ2n) is 6.98. The molecule has 2 aromatic carbocycles. The molecule has 0 amide bonds. The number of rotatable bonds is 5. The Labute approximate surface area is 151 Å². The van der Waals surface area contributed by atoms with Crippen molar-refractivity contribution in [2.75, 3.05) is 5.32 Å². The van der Waals surface area contributed by atoms with Crippen LogP contribution in [0.2, 0.25) is 0 Å². The number of primary sulfonamides is 1. The number of nitrogens with one attached hydrogen (secondary N) is 1. The highest BCUT2D eigenvalue weighted by molar-refractivity contribution is 7.89. The summed E-state index contributed by atoms with van der Waals surface area (Å²) in [6, 6.07) is 8.87. The van der Waals surface area contributed by atoms with E-state index in [9.17, 15) is 22.9 Å². The molecule has 0 bridgehead atoms. The number of nitro groups is 1. The lowest BCUT2D eigenvalue weighted by atomic mass is 9.82. The fraction of sp³-hybridized carbons (Fsp3) is 0.294. The molecule has 0 saturated heterocycles. The molecule has 26 heavy (non-hydrogen) atoms. The van der Waals surface area contributed by atoms with E-state index in [4.69, 9.17) is 5.14 Å². The summed E-state index contributed by atoms with van der Waals surface area (Å²) in [5.74, 6) is -0.384. The van der Waals surface area contributed by atoms with Crippen molar-refractivity contribution in [2.24, 2.45) is 10.6 Å². The van der Waals surface area contributed by atoms with Gasteiger partial charge in [0.1, 0.15) is 11.5 Å². The highest BCUT2D eigenvalue weighted by Crippen LogP contribution is 2.38. The van der Waals surface area contributed by atoms with E-state index in [1.165, 1.54) is 24.3 Å². The van der Waals surface area contributed by atoms with E-state index in [1.807, 2.05) is 20.8 Å². The zero-order valence-electron chi connectivity index (χ0n) is 14.6. The maximum atomic E-state index is 13.2. The smallest absolute Gasteiger partial charge is 0.293 e. The van der Waals surface area contributed by atoms with Crippen molar-refractivity contribution in [1.82, 2.24) is 0 Å². The van der Waals surface area contributed by atoms with Crippen LogP contribution in [0, 0.1) is 21.3 Å². The Morgan fingerprint density at radius 3 is 2.19 bits per heavy atom. The Hall–Kier alpha value is -2.52. The zero-order chi connectivity index (χ0) is 19.7. The minimum Gasteiger partial charge on any atom is -0.372 e. The average molecular weight is 381 g/mol. The van der Waals surface area contributed by atoms with Gasteiger partial charge in [-0.25, -0.2) is 17.9 Å². The Bertz CT molecular complexity index is 922. The van der Waals surface area contributed by atoms with E-state index in [0.29, 0.717) is 0 Å². The van der Waals surface area contributed by atoms with Crippen LogP contribution < -0.4 is 10.5 Å². The molecular weight excluding hydrogens is 361 g/mol. The number of nitrogens with two attached hydrogens (primary N) is 1. The van der Waals surface area contributed by atoms with E-state index >= 15 is 0 Å². The Morgan fingerprint density at radius 2 is 1.73 bits per heavy atom. The lowest BCUT2D eigenvalue weighted by molar-refractivity contribution is -0.384. The molecule has 0 aliphatic heterocycles. The SMILES string of the molecule is CC(C)(C)C(Nc1ccc(S(N)(=O)=O)cc1[N+](=O)[O-])c1ccc(F)cc1. The van der Waals surface area contributed by atoms with Gasteiger partial charge in [-0.2, -0.15) is 0 Å². The van der Waals surface area contributed by atoms with Gasteiger partial charge >= 0.3 is 0 Å². The van der Waals surface area contributed by atoms with Crippen LogP contribution in [-0.4, -0.2) is 13.3 Å². The van der Waals surface area contributed by atoms with Gasteiger partial charge in [0.15, 0.2) is 0 Å². The first kappa shape index (κ1) is 19.8. The predicted octanol–water partition coefficient (Wildman–Crippen LogP) is 3.58. The van der Waals surface area contributed by atoms with Crippen LogP contribution >= 0.6 is 0 Å². The number of anilines is 1. The quantitative estimate of drug-likeness (QED) is 0.607. The second-order valence-corrected chi connectivity index (χ2v) is 8.54. The van der Waals surface area contributed by atoms with Crippen molar-refractivity contribution < 1.29 is 17.7 Å². The van der Waals surface area contributed by atoms with Gasteiger partial charge in [-0.1, -0.05) is 32.9 Å². The number of halogens is 1. The summed E-state index contributed by atoms with van der Waals surface area (Å²) < 4.78 is 36.1. The second kappa shape index (κ2) is 7.00. The summed E-state index contributed by atoms with van der Waals surface area (Å²) in [7, 11) is -4.06. The average Bonchev–Trinajstić information content (AvgIpc) is 2.51. The molecular formula is C17H20FN3O4S. The van der Waals surface area contributed by atoms with Crippen molar-refractivity contribution in [1.29, 1.82) is 0 Å². The molecule has 0 fully saturated rings. The van der Waals surface area contributed by atoms with Crippen LogP contribution in [0.5, 0.6) is 0 Å². The van der Waals surface area contributed by atoms with Gasteiger partial charge in [0.25, 0.3) is 5.69 Å². The molecule has 1 atom stereocenters. The molecule has 9 heteroatoms. The summed E-state index contributed by atoms with van der Waals surface area (Å²) in [5.41, 5.74) is 0.105. The Balaban J connectivity index is 2.51. The molecule has 7 nitrogen and oxygen atoms in total. The van der Waals surface area contributed by atoms with Crippen molar-refractivity contribution in [3.63, 3.8) is 0 Å². The van der Waals surface area contributed by atoms with Gasteiger partial charge in [0.05, 0.1) is 15.9 Å². The van der Waals surface area contributed by atoms with Crippen LogP contribution in [0.1, 0.15) is 32.4 Å². The van der Waals surface area contributed by atoms with E-state index < -0.39 is 20.6 Å². The first-order valence-corrected chi connectivity index (χ1v) is 9.27. The summed E-state index contributed by atoms with van der Waals surface area (Å²) in [5, 5.41) is 19.5. The molecule has 0 aliphatic rings. The molecule has 0 spiro atoms. The van der Waals surface area contributed by atoms with Gasteiger partial charge in [0.2, 0.25) is 10.0 Å². The van der Waals surface area contributed by atoms with Gasteiger partial charge in [-0.3, -0.25) is 10.1 Å². The number of nitro benzene ring substituents is 1. The third-order valence-corrected chi connectivity index (χ3v) is 4.77. The third kappa shape index (κ3) is 4.55. The monoisotopic (exact) mass is 381 g/mol. The van der Waals surface area contributed by atoms with E-state index in [-0.39, 0.29) is 27.9 Å². The highest BCUT2D eigenvalue weighted by Gasteiger charge is 2.29. The minimum absolute atomic E-state index is 0.145. The molecule has 0 saturated carbocycles. The molecule has 0 radical (unpaired) electrons. The number of hydrogen-bond donors (Lipinski definition) is 2. The third-order valence-electron chi connectivity index (χ3n) is 3.86. The van der Waals surface area contributed by atoms with Crippen molar-refractivity contribution in [2.45, 2.75) is 31.7 Å². The zero-order valence-corrected chi connectivity index (χ0v) is 15.4. The molecule has 0 aromatic heterocycles. The highest BCUT2D eigenvalue weighted by atomic mass is 32.2. The summed E-state index contributed by atoms with van der Waals surface area (Å²) in [6.45, 7) is 5.79. The molecule has 1 unspecified atom stereocenters. The largest absolute Gasteiger partial charge is 0.372 e. The summed E-state index contributed by atoms with van der Waals surface area (Å²) in [4.78, 5) is 10.4. The number of nitrogens with zero attached hydrogens (tertiary/aromatic N) is 1. The lowest BCUT2D eigenvalue weighted by Crippen LogP contribution is -2.26. The van der Waals surface area contributed by atoms with Crippen molar-refractivity contribution in [3.8, 4) is 0 Å². The molecule has 2 aromatic rings. The standard InChI is InChI=1S/C17H20FN3O4S/c1-17(2,3)16(11-4-6-12(18)7-5-11)20-14-9-8-13(26(19,24)25)10-15(14)21(22)23/h4-10,16,20H,1-3H3,(H2,19,24,25). The predicted molar refractivity (Wildman–Crippen MR) is 96.7 cm³/mol. The molecule has 2 rings (SSSR count). The van der Waals surface area contributed by atoms with Crippen molar-refractivity contribution >= 4 is 21.4 Å². The summed E-state index contributed by atoms with van der Waals surface area (Å²) >= 11 is 0. The van der Waals surface area contributed by atoms with E-state index in [2.05, 4.69) is 5.32 Å². The first-order chi connectivity index (χ1) is 11.9. The molecule has 0 aliphatic carbocycles. The molecule has 140 valence electrons. The minimum atomic E-state index is -4.06. The number of benzene rings is 2. The van der Waals surface area contributed by atoms with Gasteiger partial charge < -0.3 is 5.32 Å². The van der Waals surface area contributed by atoms with Gasteiger partial charge in [-0.15, -0.1) is 0 Å². The van der Waals surface area contributed by atoms with Crippen LogP contribution in [0.25, 0.3) is 0 Å². The van der Waals surface area contributed by atoms with E-state index in [1.54, 1.807) is 12.1 Å². The van der Waals surface area contributed by atoms with Crippen LogP contribution in [0.15, 0.2) is 47.4 Å². The van der Waals surface area contributed by atoms with Crippen molar-refractivity contribution in [3.05, 3.63) is 64.0 Å². The molecule has 3 N–H and O–H groups in total. The fourth-order valence-electron chi connectivity index (χ4n) is 2.57. The van der Waals surface area contributed by atoms with Crippen LogP contribution in [-0.2, 0) is 10.0 Å². The number of sulfonamides is 1. The van der Waals surface area contributed by atoms with Gasteiger partial charge in [0, 0.05) is 6.07 Å².